The van der Waals surface area contributed by atoms with Crippen LogP contribution in [0.5, 0.6) is 11.5 Å². The summed E-state index contributed by atoms with van der Waals surface area (Å²) in [7, 11) is 1.44. The second-order valence-corrected chi connectivity index (χ2v) is 12.3. The molecule has 2 aromatic rings. The number of phenols is 1. The fourth-order valence-corrected chi connectivity index (χ4v) is 7.80. The minimum absolute atomic E-state index is 0.0500. The zero-order valence-corrected chi connectivity index (χ0v) is 25.0. The van der Waals surface area contributed by atoms with Gasteiger partial charge >= 0.3 is 0 Å². The Morgan fingerprint density at radius 1 is 0.953 bits per heavy atom. The Bertz CT molecular complexity index is 1670. The van der Waals surface area contributed by atoms with E-state index in [2.05, 4.69) is 20.8 Å². The van der Waals surface area contributed by atoms with Crippen molar-refractivity contribution in [3.8, 4) is 11.5 Å². The minimum Gasteiger partial charge on any atom is -0.504 e. The zero-order chi connectivity index (χ0) is 30.0. The highest BCUT2D eigenvalue weighted by Gasteiger charge is 2.56. The maximum absolute atomic E-state index is 14.2. The SMILES string of the molecule is COc1cc(C2C3=CCC4C(=O)N(c5ccc(N6CCOCC6)cc5)C(=O)C4C3CC3=C2C(=O)C=C(Br)C3=O)ccc1O. The highest BCUT2D eigenvalue weighted by molar-refractivity contribution is 9.12. The first-order chi connectivity index (χ1) is 20.8. The zero-order valence-electron chi connectivity index (χ0n) is 23.4. The number of aromatic hydroxyl groups is 1. The van der Waals surface area contributed by atoms with Crippen molar-refractivity contribution in [2.75, 3.05) is 43.2 Å². The van der Waals surface area contributed by atoms with E-state index in [1.807, 2.05) is 30.3 Å². The number of methoxy groups -OCH3 is 1. The van der Waals surface area contributed by atoms with Crippen LogP contribution in [0.2, 0.25) is 0 Å². The van der Waals surface area contributed by atoms with Crippen LogP contribution in [0.25, 0.3) is 0 Å². The van der Waals surface area contributed by atoms with E-state index < -0.39 is 23.7 Å². The number of anilines is 2. The van der Waals surface area contributed by atoms with E-state index in [9.17, 15) is 24.3 Å². The van der Waals surface area contributed by atoms with E-state index in [1.165, 1.54) is 24.2 Å². The van der Waals surface area contributed by atoms with E-state index in [0.717, 1.165) is 24.4 Å². The number of hydrogen-bond donors (Lipinski definition) is 1. The molecule has 0 saturated carbocycles. The molecule has 2 aliphatic heterocycles. The summed E-state index contributed by atoms with van der Waals surface area (Å²) in [5, 5.41) is 10.3. The number of morpholine rings is 1. The third-order valence-electron chi connectivity index (χ3n) is 9.35. The second kappa shape index (κ2) is 10.6. The average Bonchev–Trinajstić information content (AvgIpc) is 3.29. The molecule has 0 radical (unpaired) electrons. The number of ether oxygens (including phenoxy) is 2. The van der Waals surface area contributed by atoms with Gasteiger partial charge in [-0.05, 0) is 76.7 Å². The maximum Gasteiger partial charge on any atom is 0.238 e. The number of ketones is 2. The molecule has 9 nitrogen and oxygen atoms in total. The Labute approximate surface area is 256 Å². The summed E-state index contributed by atoms with van der Waals surface area (Å²) in [6, 6.07) is 12.3. The monoisotopic (exact) mass is 644 g/mol. The summed E-state index contributed by atoms with van der Waals surface area (Å²) in [4.78, 5) is 58.3. The van der Waals surface area contributed by atoms with Crippen molar-refractivity contribution >= 4 is 50.7 Å². The number of Topliss-reactive ketones (excluding diaryl/α,β-unsaturated/α-hetero) is 1. The Balaban J connectivity index is 1.27. The van der Waals surface area contributed by atoms with Crippen molar-refractivity contribution < 1.29 is 33.8 Å². The van der Waals surface area contributed by atoms with E-state index in [-0.39, 0.29) is 45.8 Å². The third-order valence-corrected chi connectivity index (χ3v) is 9.94. The number of halogens is 1. The molecule has 10 heteroatoms. The number of rotatable bonds is 4. The van der Waals surface area contributed by atoms with Crippen LogP contribution in [0.15, 0.2) is 75.8 Å². The summed E-state index contributed by atoms with van der Waals surface area (Å²) in [5.41, 5.74) is 3.75. The Morgan fingerprint density at radius 3 is 2.40 bits per heavy atom. The van der Waals surface area contributed by atoms with Crippen LogP contribution in [0.3, 0.4) is 0 Å². The van der Waals surface area contributed by atoms with Crippen LogP contribution < -0.4 is 14.5 Å². The van der Waals surface area contributed by atoms with Gasteiger partial charge in [-0.2, -0.15) is 0 Å². The van der Waals surface area contributed by atoms with E-state index in [4.69, 9.17) is 9.47 Å². The molecule has 0 spiro atoms. The number of phenolic OH excluding ortho intramolecular Hbond substituents is 1. The maximum atomic E-state index is 14.2. The van der Waals surface area contributed by atoms with Crippen LogP contribution in [0, 0.1) is 17.8 Å². The topological polar surface area (TPSA) is 113 Å². The summed E-state index contributed by atoms with van der Waals surface area (Å²) in [6.07, 6.45) is 3.80. The van der Waals surface area contributed by atoms with Crippen molar-refractivity contribution in [1.82, 2.24) is 0 Å². The predicted octanol–water partition coefficient (Wildman–Crippen LogP) is 4.20. The van der Waals surface area contributed by atoms with Crippen molar-refractivity contribution in [3.63, 3.8) is 0 Å². The lowest BCUT2D eigenvalue weighted by atomic mass is 9.59. The number of fused-ring (bicyclic) bond motifs is 3. The molecule has 0 bridgehead atoms. The van der Waals surface area contributed by atoms with Gasteiger partial charge in [-0.15, -0.1) is 0 Å². The van der Waals surface area contributed by atoms with E-state index in [1.54, 1.807) is 12.1 Å². The molecule has 2 fully saturated rings. The number of allylic oxidation sites excluding steroid dienone is 6. The second-order valence-electron chi connectivity index (χ2n) is 11.5. The van der Waals surface area contributed by atoms with Crippen LogP contribution >= 0.6 is 15.9 Å². The van der Waals surface area contributed by atoms with Gasteiger partial charge < -0.3 is 19.5 Å². The molecule has 2 heterocycles. The van der Waals surface area contributed by atoms with Crippen molar-refractivity contribution in [1.29, 1.82) is 0 Å². The summed E-state index contributed by atoms with van der Waals surface area (Å²) in [5.74, 6) is -3.24. The van der Waals surface area contributed by atoms with E-state index in [0.29, 0.717) is 42.0 Å². The molecule has 3 aliphatic carbocycles. The molecule has 2 aromatic carbocycles. The number of benzene rings is 2. The molecule has 4 unspecified atom stereocenters. The van der Waals surface area contributed by atoms with E-state index >= 15 is 0 Å². The number of imide groups is 1. The Hall–Kier alpha value is -4.02. The molecule has 220 valence electrons. The average molecular weight is 646 g/mol. The predicted molar refractivity (Wildman–Crippen MR) is 161 cm³/mol. The van der Waals surface area contributed by atoms with Gasteiger partial charge in [-0.1, -0.05) is 17.7 Å². The number of nitrogens with zero attached hydrogens (tertiary/aromatic N) is 2. The fraction of sp³-hybridized carbons (Fsp3) is 0.333. The molecule has 1 N–H and O–H groups in total. The summed E-state index contributed by atoms with van der Waals surface area (Å²) >= 11 is 3.25. The molecule has 4 atom stereocenters. The highest BCUT2D eigenvalue weighted by atomic mass is 79.9. The highest BCUT2D eigenvalue weighted by Crippen LogP contribution is 2.56. The Morgan fingerprint density at radius 2 is 1.67 bits per heavy atom. The number of hydrogen-bond acceptors (Lipinski definition) is 8. The standard InChI is InChI=1S/C33H29BrN2O7/c1-42-27-14-17(2-9-25(27)37)28-20-7-8-21-29(22(20)15-23-30(28)26(38)16-24(34)31(23)39)33(41)36(32(21)40)19-5-3-18(4-6-19)35-10-12-43-13-11-35/h2-7,9,14,16,21-22,28-29,37H,8,10-13,15H2,1H3. The van der Waals surface area contributed by atoms with Crippen LogP contribution in [0.4, 0.5) is 11.4 Å². The van der Waals surface area contributed by atoms with Crippen LogP contribution in [-0.4, -0.2) is 61.9 Å². The first kappa shape index (κ1) is 27.8. The van der Waals surface area contributed by atoms with Gasteiger partial charge in [0.2, 0.25) is 11.8 Å². The molecule has 7 rings (SSSR count). The lowest BCUT2D eigenvalue weighted by Gasteiger charge is -2.42. The normalized spacial score (nSPS) is 27.0. The van der Waals surface area contributed by atoms with Gasteiger partial charge in [-0.25, -0.2) is 0 Å². The number of carbonyl (C=O) groups excluding carboxylic acids is 4. The summed E-state index contributed by atoms with van der Waals surface area (Å²) in [6.45, 7) is 2.86. The summed E-state index contributed by atoms with van der Waals surface area (Å²) < 4.78 is 11.0. The lowest BCUT2D eigenvalue weighted by molar-refractivity contribution is -0.123. The van der Waals surface area contributed by atoms with Gasteiger partial charge in [0.05, 0.1) is 42.3 Å². The van der Waals surface area contributed by atoms with Crippen molar-refractivity contribution in [3.05, 3.63) is 81.4 Å². The van der Waals surface area contributed by atoms with Crippen molar-refractivity contribution in [2.45, 2.75) is 18.8 Å². The van der Waals surface area contributed by atoms with Gasteiger partial charge in [0.15, 0.2) is 23.1 Å². The smallest absolute Gasteiger partial charge is 0.238 e. The van der Waals surface area contributed by atoms with Gasteiger partial charge in [0.25, 0.3) is 0 Å². The number of carbonyl (C=O) groups is 4. The molecule has 2 amide bonds. The van der Waals surface area contributed by atoms with Gasteiger partial charge in [0.1, 0.15) is 0 Å². The van der Waals surface area contributed by atoms with Crippen LogP contribution in [-0.2, 0) is 23.9 Å². The molecule has 5 aliphatic rings. The largest absolute Gasteiger partial charge is 0.504 e. The molecule has 2 saturated heterocycles. The van der Waals surface area contributed by atoms with Gasteiger partial charge in [-0.3, -0.25) is 24.1 Å². The third kappa shape index (κ3) is 4.38. The lowest BCUT2D eigenvalue weighted by Crippen LogP contribution is -2.39. The molecule has 43 heavy (non-hydrogen) atoms. The molecular formula is C33H29BrN2O7. The first-order valence-corrected chi connectivity index (χ1v) is 15.1. The first-order valence-electron chi connectivity index (χ1n) is 14.3. The number of amides is 2. The molecule has 0 aromatic heterocycles. The van der Waals surface area contributed by atoms with Crippen LogP contribution in [0.1, 0.15) is 24.3 Å². The van der Waals surface area contributed by atoms with Crippen molar-refractivity contribution in [2.24, 2.45) is 17.8 Å². The van der Waals surface area contributed by atoms with Gasteiger partial charge in [0, 0.05) is 41.9 Å². The fourth-order valence-electron chi connectivity index (χ4n) is 7.35. The Kier molecular flexibility index (Phi) is 6.85. The quantitative estimate of drug-likeness (QED) is 0.299. The minimum atomic E-state index is -0.672. The molecular weight excluding hydrogens is 616 g/mol.